The molecule has 1 aliphatic rings. The Hall–Kier alpha value is -4.57. The molecule has 4 rings (SSSR count). The Morgan fingerprint density at radius 2 is 1.72 bits per heavy atom. The highest BCUT2D eigenvalue weighted by Crippen LogP contribution is 2.40. The van der Waals surface area contributed by atoms with E-state index < -0.39 is 23.9 Å². The van der Waals surface area contributed by atoms with E-state index in [1.807, 2.05) is 30.3 Å². The fourth-order valence-electron chi connectivity index (χ4n) is 4.12. The number of hydrogen-bond acceptors (Lipinski definition) is 7. The second kappa shape index (κ2) is 13.3. The third kappa shape index (κ3) is 7.71. The third-order valence-electron chi connectivity index (χ3n) is 6.05. The molecule has 0 saturated carbocycles. The first-order chi connectivity index (χ1) is 18.9. The molecule has 10 heteroatoms. The molecule has 0 aromatic heterocycles. The minimum atomic E-state index is -1.16. The van der Waals surface area contributed by atoms with Crippen LogP contribution in [0.4, 0.5) is 11.4 Å². The Morgan fingerprint density at radius 3 is 2.44 bits per heavy atom. The van der Waals surface area contributed by atoms with E-state index in [-0.39, 0.29) is 18.7 Å². The zero-order valence-electron chi connectivity index (χ0n) is 21.2. The van der Waals surface area contributed by atoms with Crippen LogP contribution in [0, 0.1) is 0 Å². The molecule has 1 heterocycles. The number of carbonyl (C=O) groups is 3. The van der Waals surface area contributed by atoms with Crippen molar-refractivity contribution in [1.82, 2.24) is 0 Å². The lowest BCUT2D eigenvalue weighted by atomic mass is 10.1. The molecule has 0 saturated heterocycles. The van der Waals surface area contributed by atoms with Crippen molar-refractivity contribution in [2.45, 2.75) is 25.6 Å². The molecule has 0 radical (unpaired) electrons. The number of para-hydroxylation sites is 1. The molecule has 0 spiro atoms. The van der Waals surface area contributed by atoms with Crippen molar-refractivity contribution in [1.29, 1.82) is 0 Å². The van der Waals surface area contributed by atoms with Gasteiger partial charge in [0.05, 0.1) is 31.1 Å². The summed E-state index contributed by atoms with van der Waals surface area (Å²) in [6.45, 7) is 1.69. The van der Waals surface area contributed by atoms with Crippen LogP contribution in [0.1, 0.15) is 28.8 Å². The fraction of sp³-hybridized carbons (Fsp3) is 0.276. The van der Waals surface area contributed by atoms with Gasteiger partial charge in [-0.3, -0.25) is 9.59 Å². The number of hydrogen-bond donors (Lipinski definition) is 3. The van der Waals surface area contributed by atoms with Gasteiger partial charge in [-0.1, -0.05) is 36.4 Å². The molecule has 39 heavy (non-hydrogen) atoms. The first kappa shape index (κ1) is 27.5. The third-order valence-corrected chi connectivity index (χ3v) is 6.05. The zero-order chi connectivity index (χ0) is 27.6. The van der Waals surface area contributed by atoms with Gasteiger partial charge in [0.15, 0.2) is 5.75 Å². The van der Waals surface area contributed by atoms with Crippen molar-refractivity contribution < 1.29 is 38.8 Å². The van der Waals surface area contributed by atoms with Crippen LogP contribution in [0.5, 0.6) is 11.5 Å². The van der Waals surface area contributed by atoms with Crippen LogP contribution in [0.2, 0.25) is 0 Å². The van der Waals surface area contributed by atoms with Crippen LogP contribution >= 0.6 is 0 Å². The average molecular weight is 535 g/mol. The highest BCUT2D eigenvalue weighted by molar-refractivity contribution is 6.05. The molecule has 0 aliphatic carbocycles. The van der Waals surface area contributed by atoms with Crippen molar-refractivity contribution in [2.75, 3.05) is 36.5 Å². The van der Waals surface area contributed by atoms with E-state index in [0.717, 1.165) is 5.56 Å². The van der Waals surface area contributed by atoms with Gasteiger partial charge in [-0.2, -0.15) is 0 Å². The van der Waals surface area contributed by atoms with Gasteiger partial charge in [0.1, 0.15) is 12.4 Å². The molecular formula is C29H30N2O8. The van der Waals surface area contributed by atoms with Crippen molar-refractivity contribution in [3.63, 3.8) is 0 Å². The molecule has 204 valence electrons. The predicted molar refractivity (Wildman–Crippen MR) is 144 cm³/mol. The summed E-state index contributed by atoms with van der Waals surface area (Å²) in [6, 6.07) is 21.6. The van der Waals surface area contributed by atoms with Crippen LogP contribution in [0.3, 0.4) is 0 Å². The topological polar surface area (TPSA) is 135 Å². The number of nitrogens with one attached hydrogen (secondary N) is 1. The molecule has 1 amide bonds. The molecule has 0 fully saturated rings. The summed E-state index contributed by atoms with van der Waals surface area (Å²) >= 11 is 0. The maximum absolute atomic E-state index is 13.0. The number of rotatable bonds is 13. The number of benzene rings is 3. The molecule has 3 aromatic carbocycles. The minimum Gasteiger partial charge on any atom is -0.491 e. The van der Waals surface area contributed by atoms with Gasteiger partial charge >= 0.3 is 11.9 Å². The van der Waals surface area contributed by atoms with Gasteiger partial charge in [0.2, 0.25) is 6.10 Å². The van der Waals surface area contributed by atoms with Crippen molar-refractivity contribution in [3.05, 3.63) is 83.9 Å². The van der Waals surface area contributed by atoms with Gasteiger partial charge in [0, 0.05) is 18.5 Å². The van der Waals surface area contributed by atoms with E-state index in [2.05, 4.69) is 5.32 Å². The van der Waals surface area contributed by atoms with Crippen LogP contribution in [0.15, 0.2) is 72.8 Å². The molecular weight excluding hydrogens is 504 g/mol. The first-order valence-electron chi connectivity index (χ1n) is 12.6. The lowest BCUT2D eigenvalue weighted by Crippen LogP contribution is -2.45. The molecule has 1 unspecified atom stereocenters. The maximum atomic E-state index is 13.0. The van der Waals surface area contributed by atoms with E-state index in [4.69, 9.17) is 19.3 Å². The van der Waals surface area contributed by atoms with E-state index >= 15 is 0 Å². The number of nitrogens with zero attached hydrogens (tertiary/aromatic N) is 1. The molecule has 0 bridgehead atoms. The molecule has 1 aliphatic heterocycles. The van der Waals surface area contributed by atoms with Crippen molar-refractivity contribution in [3.8, 4) is 11.5 Å². The second-order valence-electron chi connectivity index (χ2n) is 8.91. The smallest absolute Gasteiger partial charge is 0.346 e. The molecule has 10 nitrogen and oxygen atoms in total. The highest BCUT2D eigenvalue weighted by atomic mass is 16.5. The Balaban J connectivity index is 1.35. The molecule has 1 atom stereocenters. The second-order valence-corrected chi connectivity index (χ2v) is 8.91. The fourth-order valence-corrected chi connectivity index (χ4v) is 4.12. The Bertz CT molecular complexity index is 1280. The zero-order valence-corrected chi connectivity index (χ0v) is 21.2. The predicted octanol–water partition coefficient (Wildman–Crippen LogP) is 4.05. The number of carboxylic acids is 2. The summed E-state index contributed by atoms with van der Waals surface area (Å²) in [5.74, 6) is -1.65. The van der Waals surface area contributed by atoms with E-state index in [0.29, 0.717) is 55.5 Å². The van der Waals surface area contributed by atoms with E-state index in [9.17, 15) is 19.5 Å². The quantitative estimate of drug-likeness (QED) is 0.278. The standard InChI is InChI=1S/C29H30N2O8/c32-26(33)10-5-15-31-18-25(29(35)36)39-27-23(8-4-9-24(27)31)30-28(34)21-11-13-22(14-12-21)38-17-16-37-19-20-6-2-1-3-7-20/h1-4,6-9,11-14,25H,5,10,15-19H2,(H,30,34)(H,32,33)(H,35,36). The summed E-state index contributed by atoms with van der Waals surface area (Å²) in [6.07, 6.45) is -0.861. The van der Waals surface area contributed by atoms with Gasteiger partial charge < -0.3 is 34.6 Å². The SMILES string of the molecule is O=C(O)CCCN1CC(C(=O)O)Oc2c(NC(=O)c3ccc(OCCOCc4ccccc4)cc3)cccc21. The number of anilines is 2. The monoisotopic (exact) mass is 534 g/mol. The number of carbonyl (C=O) groups excluding carboxylic acids is 1. The summed E-state index contributed by atoms with van der Waals surface area (Å²) in [5, 5.41) is 21.3. The van der Waals surface area contributed by atoms with Gasteiger partial charge in [0.25, 0.3) is 5.91 Å². The summed E-state index contributed by atoms with van der Waals surface area (Å²) in [4.78, 5) is 37.4. The van der Waals surface area contributed by atoms with Crippen LogP contribution in [-0.2, 0) is 20.9 Å². The number of aliphatic carboxylic acids is 2. The Morgan fingerprint density at radius 1 is 0.949 bits per heavy atom. The number of fused-ring (bicyclic) bond motifs is 1. The number of ether oxygens (including phenoxy) is 3. The average Bonchev–Trinajstić information content (AvgIpc) is 2.93. The largest absolute Gasteiger partial charge is 0.491 e. The molecule has 3 aromatic rings. The summed E-state index contributed by atoms with van der Waals surface area (Å²) < 4.78 is 17.0. The van der Waals surface area contributed by atoms with Crippen molar-refractivity contribution >= 4 is 29.2 Å². The van der Waals surface area contributed by atoms with Gasteiger partial charge in [-0.05, 0) is 48.4 Å². The van der Waals surface area contributed by atoms with E-state index in [1.54, 1.807) is 47.4 Å². The lowest BCUT2D eigenvalue weighted by Gasteiger charge is -2.35. The van der Waals surface area contributed by atoms with Crippen LogP contribution in [0.25, 0.3) is 0 Å². The normalized spacial score (nSPS) is 14.2. The Kier molecular flexibility index (Phi) is 9.36. The first-order valence-corrected chi connectivity index (χ1v) is 12.6. The highest BCUT2D eigenvalue weighted by Gasteiger charge is 2.32. The number of carboxylic acid groups (broad SMARTS) is 2. The number of amides is 1. The van der Waals surface area contributed by atoms with Crippen LogP contribution in [-0.4, -0.2) is 60.5 Å². The molecule has 3 N–H and O–H groups in total. The Labute approximate surface area is 225 Å². The summed E-state index contributed by atoms with van der Waals surface area (Å²) in [7, 11) is 0. The van der Waals surface area contributed by atoms with Crippen molar-refractivity contribution in [2.24, 2.45) is 0 Å². The minimum absolute atomic E-state index is 0.0404. The van der Waals surface area contributed by atoms with Gasteiger partial charge in [-0.25, -0.2) is 4.79 Å². The van der Waals surface area contributed by atoms with E-state index in [1.165, 1.54) is 0 Å². The lowest BCUT2D eigenvalue weighted by molar-refractivity contribution is -0.145. The van der Waals surface area contributed by atoms with Gasteiger partial charge in [-0.15, -0.1) is 0 Å². The summed E-state index contributed by atoms with van der Waals surface area (Å²) in [5.41, 5.74) is 2.38. The van der Waals surface area contributed by atoms with Crippen LogP contribution < -0.4 is 19.7 Å². The maximum Gasteiger partial charge on any atom is 0.346 e.